The second-order valence-electron chi connectivity index (χ2n) is 5.17. The SMILES string of the molecule is CCc1cc(CN[C@@H](C)c2ccc(OC)cc2)n(CC)n1. The molecular formula is C17H25N3O. The van der Waals surface area contributed by atoms with E-state index in [9.17, 15) is 0 Å². The van der Waals surface area contributed by atoms with Crippen LogP contribution in [0.4, 0.5) is 0 Å². The zero-order valence-electron chi connectivity index (χ0n) is 13.4. The Bertz CT molecular complexity index is 560. The Balaban J connectivity index is 1.99. The average molecular weight is 287 g/mol. The third kappa shape index (κ3) is 3.85. The second kappa shape index (κ2) is 7.27. The summed E-state index contributed by atoms with van der Waals surface area (Å²) in [7, 11) is 1.69. The molecule has 0 aliphatic heterocycles. The minimum atomic E-state index is 0.293. The molecule has 0 aliphatic rings. The van der Waals surface area contributed by atoms with E-state index in [-0.39, 0.29) is 0 Å². The van der Waals surface area contributed by atoms with E-state index < -0.39 is 0 Å². The normalized spacial score (nSPS) is 12.4. The highest BCUT2D eigenvalue weighted by molar-refractivity contribution is 5.28. The fourth-order valence-corrected chi connectivity index (χ4v) is 2.37. The third-order valence-electron chi connectivity index (χ3n) is 3.78. The van der Waals surface area contributed by atoms with Gasteiger partial charge < -0.3 is 10.1 Å². The van der Waals surface area contributed by atoms with Crippen molar-refractivity contribution < 1.29 is 4.74 Å². The van der Waals surface area contributed by atoms with Crippen molar-refractivity contribution in [1.29, 1.82) is 0 Å². The van der Waals surface area contributed by atoms with Gasteiger partial charge in [-0.2, -0.15) is 5.10 Å². The van der Waals surface area contributed by atoms with E-state index in [0.717, 1.165) is 31.0 Å². The Hall–Kier alpha value is -1.81. The van der Waals surface area contributed by atoms with Crippen molar-refractivity contribution in [2.24, 2.45) is 0 Å². The molecule has 0 saturated carbocycles. The summed E-state index contributed by atoms with van der Waals surface area (Å²) in [5.41, 5.74) is 3.66. The largest absolute Gasteiger partial charge is 0.497 e. The number of benzene rings is 1. The summed E-state index contributed by atoms with van der Waals surface area (Å²) >= 11 is 0. The fourth-order valence-electron chi connectivity index (χ4n) is 2.37. The van der Waals surface area contributed by atoms with Gasteiger partial charge in [0.25, 0.3) is 0 Å². The summed E-state index contributed by atoms with van der Waals surface area (Å²) in [5.74, 6) is 0.891. The maximum absolute atomic E-state index is 5.19. The molecule has 0 fully saturated rings. The summed E-state index contributed by atoms with van der Waals surface area (Å²) < 4.78 is 7.27. The Labute approximate surface area is 127 Å². The fraction of sp³-hybridized carbons (Fsp3) is 0.471. The molecule has 0 unspecified atom stereocenters. The van der Waals surface area contributed by atoms with E-state index in [4.69, 9.17) is 4.74 Å². The summed E-state index contributed by atoms with van der Waals surface area (Å²) in [5, 5.41) is 8.14. The van der Waals surface area contributed by atoms with Crippen LogP contribution < -0.4 is 10.1 Å². The number of aryl methyl sites for hydroxylation is 2. The number of rotatable bonds is 7. The molecule has 1 aromatic carbocycles. The minimum absolute atomic E-state index is 0.293. The van der Waals surface area contributed by atoms with Gasteiger partial charge in [0.1, 0.15) is 5.75 Å². The first-order chi connectivity index (χ1) is 10.2. The zero-order valence-corrected chi connectivity index (χ0v) is 13.4. The molecule has 0 spiro atoms. The van der Waals surface area contributed by atoms with Crippen LogP contribution in [-0.4, -0.2) is 16.9 Å². The molecule has 1 N–H and O–H groups in total. The highest BCUT2D eigenvalue weighted by Gasteiger charge is 2.09. The van der Waals surface area contributed by atoms with Gasteiger partial charge >= 0.3 is 0 Å². The van der Waals surface area contributed by atoms with Crippen molar-refractivity contribution in [3.05, 3.63) is 47.3 Å². The topological polar surface area (TPSA) is 39.1 Å². The number of ether oxygens (including phenoxy) is 1. The van der Waals surface area contributed by atoms with Crippen LogP contribution in [0.3, 0.4) is 0 Å². The first kappa shape index (κ1) is 15.6. The highest BCUT2D eigenvalue weighted by atomic mass is 16.5. The molecule has 0 radical (unpaired) electrons. The predicted octanol–water partition coefficient (Wildman–Crippen LogP) is 3.32. The predicted molar refractivity (Wildman–Crippen MR) is 85.5 cm³/mol. The Morgan fingerprint density at radius 1 is 1.24 bits per heavy atom. The third-order valence-corrected chi connectivity index (χ3v) is 3.78. The van der Waals surface area contributed by atoms with Crippen LogP contribution >= 0.6 is 0 Å². The van der Waals surface area contributed by atoms with Crippen molar-refractivity contribution in [2.45, 2.75) is 46.3 Å². The molecular weight excluding hydrogens is 262 g/mol. The highest BCUT2D eigenvalue weighted by Crippen LogP contribution is 2.18. The van der Waals surface area contributed by atoms with Crippen LogP contribution in [0, 0.1) is 0 Å². The first-order valence-electron chi connectivity index (χ1n) is 7.60. The van der Waals surface area contributed by atoms with Gasteiger partial charge in [0, 0.05) is 19.1 Å². The molecule has 0 saturated heterocycles. The molecule has 114 valence electrons. The first-order valence-corrected chi connectivity index (χ1v) is 7.60. The van der Waals surface area contributed by atoms with Crippen LogP contribution in [0.1, 0.15) is 43.8 Å². The van der Waals surface area contributed by atoms with Crippen LogP contribution in [-0.2, 0) is 19.5 Å². The van der Waals surface area contributed by atoms with E-state index in [1.54, 1.807) is 7.11 Å². The van der Waals surface area contributed by atoms with Crippen LogP contribution in [0.25, 0.3) is 0 Å². The van der Waals surface area contributed by atoms with E-state index in [1.165, 1.54) is 11.3 Å². The quantitative estimate of drug-likeness (QED) is 0.849. The van der Waals surface area contributed by atoms with Crippen molar-refractivity contribution in [3.63, 3.8) is 0 Å². The second-order valence-corrected chi connectivity index (χ2v) is 5.17. The van der Waals surface area contributed by atoms with E-state index in [2.05, 4.69) is 54.1 Å². The number of aromatic nitrogens is 2. The standard InChI is InChI=1S/C17H25N3O/c1-5-15-11-16(20(6-2)19-15)12-18-13(3)14-7-9-17(21-4)10-8-14/h7-11,13,18H,5-6,12H2,1-4H3/t13-/m0/s1. The van der Waals surface area contributed by atoms with Gasteiger partial charge in [-0.1, -0.05) is 19.1 Å². The van der Waals surface area contributed by atoms with Crippen LogP contribution in [0.2, 0.25) is 0 Å². The van der Waals surface area contributed by atoms with Crippen LogP contribution in [0.5, 0.6) is 5.75 Å². The summed E-state index contributed by atoms with van der Waals surface area (Å²) in [6, 6.07) is 10.7. The summed E-state index contributed by atoms with van der Waals surface area (Å²) in [6.07, 6.45) is 0.980. The lowest BCUT2D eigenvalue weighted by atomic mass is 10.1. The minimum Gasteiger partial charge on any atom is -0.497 e. The molecule has 0 bridgehead atoms. The summed E-state index contributed by atoms with van der Waals surface area (Å²) in [6.45, 7) is 8.18. The van der Waals surface area contributed by atoms with E-state index >= 15 is 0 Å². The number of hydrogen-bond acceptors (Lipinski definition) is 3. The molecule has 4 heteroatoms. The lowest BCUT2D eigenvalue weighted by Crippen LogP contribution is -2.20. The molecule has 1 heterocycles. The molecule has 1 atom stereocenters. The lowest BCUT2D eigenvalue weighted by molar-refractivity contribution is 0.414. The van der Waals surface area contributed by atoms with Gasteiger partial charge in [-0.05, 0) is 44.0 Å². The van der Waals surface area contributed by atoms with Crippen molar-refractivity contribution in [2.75, 3.05) is 7.11 Å². The Morgan fingerprint density at radius 3 is 2.52 bits per heavy atom. The Kier molecular flexibility index (Phi) is 5.39. The van der Waals surface area contributed by atoms with E-state index in [1.807, 2.05) is 12.1 Å². The molecule has 1 aromatic heterocycles. The average Bonchev–Trinajstić information content (AvgIpc) is 2.95. The number of hydrogen-bond donors (Lipinski definition) is 1. The molecule has 2 aromatic rings. The number of nitrogens with zero attached hydrogens (tertiary/aromatic N) is 2. The zero-order chi connectivity index (χ0) is 15.2. The van der Waals surface area contributed by atoms with Gasteiger partial charge in [0.05, 0.1) is 18.5 Å². The van der Waals surface area contributed by atoms with Crippen molar-refractivity contribution in [1.82, 2.24) is 15.1 Å². The molecule has 0 aliphatic carbocycles. The lowest BCUT2D eigenvalue weighted by Gasteiger charge is -2.15. The van der Waals surface area contributed by atoms with Gasteiger partial charge in [-0.15, -0.1) is 0 Å². The van der Waals surface area contributed by atoms with Gasteiger partial charge in [0.15, 0.2) is 0 Å². The van der Waals surface area contributed by atoms with E-state index in [0.29, 0.717) is 6.04 Å². The maximum Gasteiger partial charge on any atom is 0.118 e. The smallest absolute Gasteiger partial charge is 0.118 e. The van der Waals surface area contributed by atoms with Gasteiger partial charge in [0.2, 0.25) is 0 Å². The van der Waals surface area contributed by atoms with Crippen molar-refractivity contribution >= 4 is 0 Å². The molecule has 2 rings (SSSR count). The maximum atomic E-state index is 5.19. The number of methoxy groups -OCH3 is 1. The van der Waals surface area contributed by atoms with Crippen molar-refractivity contribution in [3.8, 4) is 5.75 Å². The van der Waals surface area contributed by atoms with Gasteiger partial charge in [-0.3, -0.25) is 4.68 Å². The number of nitrogens with one attached hydrogen (secondary N) is 1. The molecule has 21 heavy (non-hydrogen) atoms. The van der Waals surface area contributed by atoms with Gasteiger partial charge in [-0.25, -0.2) is 0 Å². The molecule has 0 amide bonds. The Morgan fingerprint density at radius 2 is 1.95 bits per heavy atom. The van der Waals surface area contributed by atoms with Crippen LogP contribution in [0.15, 0.2) is 30.3 Å². The monoisotopic (exact) mass is 287 g/mol. The summed E-state index contributed by atoms with van der Waals surface area (Å²) in [4.78, 5) is 0. The molecule has 4 nitrogen and oxygen atoms in total.